The summed E-state index contributed by atoms with van der Waals surface area (Å²) in [5, 5.41) is 47.1. The van der Waals surface area contributed by atoms with Gasteiger partial charge in [0, 0.05) is 24.1 Å². The van der Waals surface area contributed by atoms with E-state index >= 15 is 0 Å². The van der Waals surface area contributed by atoms with E-state index in [1.54, 1.807) is 18.2 Å². The molecule has 0 fully saturated rings. The second-order valence-corrected chi connectivity index (χ2v) is 16.4. The second kappa shape index (κ2) is 19.1. The number of carboxylic acids is 1. The zero-order valence-corrected chi connectivity index (χ0v) is 31.8. The smallest absolute Gasteiger partial charge is 0.397 e. The Kier molecular flexibility index (Phi) is 14.8. The van der Waals surface area contributed by atoms with E-state index in [1.807, 2.05) is 0 Å². The lowest BCUT2D eigenvalue weighted by Gasteiger charge is -2.18. The maximum absolute atomic E-state index is 14.5. The Morgan fingerprint density at radius 1 is 0.965 bits per heavy atom. The number of rotatable bonds is 19. The number of hydrazone groups is 1. The summed E-state index contributed by atoms with van der Waals surface area (Å²) in [6.45, 7) is -1.24. The fourth-order valence-corrected chi connectivity index (χ4v) is 6.61. The number of phenolic OH excluding ortho intramolecular Hbond substituents is 1. The van der Waals surface area contributed by atoms with Crippen LogP contribution in [0.2, 0.25) is 0 Å². The minimum absolute atomic E-state index is 0.0513. The number of aromatic nitrogens is 3. The van der Waals surface area contributed by atoms with Crippen LogP contribution in [0.25, 0.3) is 0 Å². The van der Waals surface area contributed by atoms with Crippen LogP contribution in [-0.2, 0) is 43.9 Å². The fourth-order valence-electron chi connectivity index (χ4n) is 4.20. The van der Waals surface area contributed by atoms with Gasteiger partial charge in [0.05, 0.1) is 52.0 Å². The highest BCUT2D eigenvalue weighted by atomic mass is 32.3. The minimum Gasteiger partial charge on any atom is -0.504 e. The molecule has 0 aliphatic rings. The van der Waals surface area contributed by atoms with Crippen LogP contribution < -0.4 is 15.6 Å². The summed E-state index contributed by atoms with van der Waals surface area (Å²) in [5.41, 5.74) is 1.30. The molecule has 0 unspecified atom stereocenters. The maximum atomic E-state index is 14.5. The monoisotopic (exact) mass is 877 g/mol. The van der Waals surface area contributed by atoms with Gasteiger partial charge < -0.3 is 20.4 Å². The van der Waals surface area contributed by atoms with E-state index in [9.17, 15) is 49.2 Å². The lowest BCUT2D eigenvalue weighted by molar-refractivity contribution is -0.432. The number of hydrogen-bond acceptors (Lipinski definition) is 21. The van der Waals surface area contributed by atoms with Gasteiger partial charge in [-0.25, -0.2) is 22.7 Å². The van der Waals surface area contributed by atoms with Gasteiger partial charge >= 0.3 is 22.4 Å². The van der Waals surface area contributed by atoms with E-state index in [4.69, 9.17) is 9.81 Å². The van der Waals surface area contributed by atoms with Crippen molar-refractivity contribution in [3.63, 3.8) is 0 Å². The van der Waals surface area contributed by atoms with Crippen molar-refractivity contribution in [3.8, 4) is 5.75 Å². The van der Waals surface area contributed by atoms with Gasteiger partial charge in [0.2, 0.25) is 17.7 Å². The Morgan fingerprint density at radius 2 is 1.68 bits per heavy atom. The zero-order chi connectivity index (χ0) is 42.0. The van der Waals surface area contributed by atoms with Crippen molar-refractivity contribution in [2.75, 3.05) is 47.3 Å². The van der Waals surface area contributed by atoms with Gasteiger partial charge in [-0.05, 0) is 30.3 Å². The molecule has 0 saturated heterocycles. The molecule has 0 radical (unpaired) electrons. The highest BCUT2D eigenvalue weighted by Crippen LogP contribution is 2.39. The van der Waals surface area contributed by atoms with Gasteiger partial charge in [-0.2, -0.15) is 41.3 Å². The van der Waals surface area contributed by atoms with Crippen LogP contribution in [0.5, 0.6) is 5.75 Å². The third-order valence-corrected chi connectivity index (χ3v) is 10.3. The molecule has 24 nitrogen and oxygen atoms in total. The van der Waals surface area contributed by atoms with E-state index in [0.717, 1.165) is 17.0 Å². The molecule has 0 saturated carbocycles. The molecule has 57 heavy (non-hydrogen) atoms. The number of nitrogens with zero attached hydrogens (tertiary/aromatic N) is 7. The highest BCUT2D eigenvalue weighted by Gasteiger charge is 2.21. The van der Waals surface area contributed by atoms with E-state index < -0.39 is 94.4 Å². The van der Waals surface area contributed by atoms with Gasteiger partial charge in [0.25, 0.3) is 10.1 Å². The predicted molar refractivity (Wildman–Crippen MR) is 196 cm³/mol. The maximum Gasteiger partial charge on any atom is 0.397 e. The number of halogens is 1. The number of carboxylic acid groups (broad SMARTS) is 1. The van der Waals surface area contributed by atoms with Crippen LogP contribution in [0.3, 0.4) is 0 Å². The van der Waals surface area contributed by atoms with Crippen molar-refractivity contribution < 1.29 is 72.6 Å². The third kappa shape index (κ3) is 13.6. The average molecular weight is 878 g/mol. The van der Waals surface area contributed by atoms with Crippen LogP contribution >= 0.6 is 12.0 Å². The summed E-state index contributed by atoms with van der Waals surface area (Å²) in [6, 6.07) is 13.2. The Bertz CT molecular complexity index is 2500. The van der Waals surface area contributed by atoms with Gasteiger partial charge in [-0.1, -0.05) is 35.4 Å². The molecular weight excluding hydrogens is 850 g/mol. The molecule has 7 N–H and O–H groups in total. The molecule has 306 valence electrons. The Morgan fingerprint density at radius 3 is 2.33 bits per heavy atom. The first kappa shape index (κ1) is 44.2. The molecule has 0 bridgehead atoms. The number of phenols is 1. The summed E-state index contributed by atoms with van der Waals surface area (Å²) >= 11 is 0.504. The predicted octanol–water partition coefficient (Wildman–Crippen LogP) is 3.06. The second-order valence-electron chi connectivity index (χ2n) is 10.8. The summed E-state index contributed by atoms with van der Waals surface area (Å²) < 4.78 is 112. The standard InChI is InChI=1S/C28H28FN9O15S4/c1-38(9-11-55(43,44)12-10-51-57(48,49)50)28-32-26(29)31-27(33-28)30-21-14-18(56(45,46)47)15-22(23(21)39)35-37-24(16-5-3-2-4-6-16)36-34-20-8-7-17(54-53-52-42)13-19(20)25(40)41/h2-8,13-15,34,39,42H,9-12H2,1H3,(H,40,41)(H,45,46,47)(H,48,49,50)(H,30,31,32,33)/b36-24-,37-35?. The first-order valence-electron chi connectivity index (χ1n) is 15.1. The average Bonchev–Trinajstić information content (AvgIpc) is 3.13. The molecule has 4 rings (SSSR count). The topological polar surface area (TPSA) is 351 Å². The SMILES string of the molecule is CN(CCS(=O)(=O)CCOS(=O)(=O)O)c1nc(F)nc(Nc2cc(S(=O)(=O)O)cc(N=N/C(=N\Nc3ccc(SOOO)cc3C(=O)O)c3ccccc3)c2O)n1. The van der Waals surface area contributed by atoms with Crippen LogP contribution in [0, 0.1) is 6.08 Å². The molecule has 1 heterocycles. The lowest BCUT2D eigenvalue weighted by Crippen LogP contribution is -2.29. The largest absolute Gasteiger partial charge is 0.504 e. The number of amidine groups is 1. The van der Waals surface area contributed by atoms with Crippen molar-refractivity contribution in [1.82, 2.24) is 15.0 Å². The number of benzene rings is 3. The van der Waals surface area contributed by atoms with Crippen molar-refractivity contribution in [1.29, 1.82) is 0 Å². The minimum atomic E-state index is -5.01. The van der Waals surface area contributed by atoms with Crippen LogP contribution in [0.4, 0.5) is 33.3 Å². The van der Waals surface area contributed by atoms with Crippen LogP contribution in [-0.4, -0.2) is 108 Å². The summed E-state index contributed by atoms with van der Waals surface area (Å²) in [6.07, 6.45) is -1.41. The van der Waals surface area contributed by atoms with Gasteiger partial charge in [-0.15, -0.1) is 14.6 Å². The van der Waals surface area contributed by atoms with Gasteiger partial charge in [-0.3, -0.25) is 14.5 Å². The molecule has 1 aromatic heterocycles. The Balaban J connectivity index is 1.65. The number of azo groups is 1. The van der Waals surface area contributed by atoms with Crippen molar-refractivity contribution >= 4 is 83.2 Å². The molecular formula is C28H28FN9O15S4. The zero-order valence-electron chi connectivity index (χ0n) is 28.6. The van der Waals surface area contributed by atoms with Crippen molar-refractivity contribution in [2.45, 2.75) is 9.79 Å². The van der Waals surface area contributed by atoms with Crippen molar-refractivity contribution in [2.24, 2.45) is 15.3 Å². The molecule has 3 aromatic carbocycles. The molecule has 0 aliphatic heterocycles. The first-order chi connectivity index (χ1) is 26.7. The van der Waals surface area contributed by atoms with Crippen LogP contribution in [0.1, 0.15) is 15.9 Å². The fraction of sp³-hybridized carbons (Fsp3) is 0.179. The van der Waals surface area contributed by atoms with E-state index in [-0.39, 0.29) is 34.1 Å². The Labute approximate surface area is 325 Å². The Hall–Kier alpha value is -5.50. The number of nitrogens with one attached hydrogen (secondary N) is 2. The number of aromatic hydroxyl groups is 1. The number of hydrogen-bond donors (Lipinski definition) is 7. The van der Waals surface area contributed by atoms with E-state index in [1.165, 1.54) is 37.4 Å². The number of anilines is 4. The lowest BCUT2D eigenvalue weighted by atomic mass is 10.2. The molecule has 4 aromatic rings. The van der Waals surface area contributed by atoms with Gasteiger partial charge in [0.15, 0.2) is 15.6 Å². The van der Waals surface area contributed by atoms with Crippen LogP contribution in [0.15, 0.2) is 85.8 Å². The normalized spacial score (nSPS) is 12.5. The number of sulfone groups is 1. The third-order valence-electron chi connectivity index (χ3n) is 6.86. The molecule has 0 spiro atoms. The van der Waals surface area contributed by atoms with Crippen molar-refractivity contribution in [3.05, 3.63) is 77.9 Å². The molecule has 0 atom stereocenters. The van der Waals surface area contributed by atoms with Gasteiger partial charge in [0.1, 0.15) is 5.69 Å². The number of carbonyl (C=O) groups is 1. The van der Waals surface area contributed by atoms with E-state index in [2.05, 4.69) is 54.6 Å². The first-order valence-corrected chi connectivity index (χ1v) is 20.5. The van der Waals surface area contributed by atoms with E-state index in [0.29, 0.717) is 12.0 Å². The number of aromatic carboxylic acids is 1. The summed E-state index contributed by atoms with van der Waals surface area (Å²) in [5.74, 6) is -5.00. The quantitative estimate of drug-likeness (QED) is 0.0104. The molecule has 0 amide bonds. The summed E-state index contributed by atoms with van der Waals surface area (Å²) in [7, 11) is -12.6. The molecule has 29 heteroatoms. The highest BCUT2D eigenvalue weighted by molar-refractivity contribution is 7.94. The summed E-state index contributed by atoms with van der Waals surface area (Å²) in [4.78, 5) is 23.2. The molecule has 0 aliphatic carbocycles.